The molecular weight excluding hydrogens is 200 g/mol. The summed E-state index contributed by atoms with van der Waals surface area (Å²) in [7, 11) is 1.67. The predicted octanol–water partition coefficient (Wildman–Crippen LogP) is 3.10. The molecule has 0 fully saturated rings. The highest BCUT2D eigenvalue weighted by Crippen LogP contribution is 2.23. The van der Waals surface area contributed by atoms with Crippen LogP contribution in [0.1, 0.15) is 30.5 Å². The van der Waals surface area contributed by atoms with Crippen LogP contribution in [0.15, 0.2) is 18.2 Å². The fraction of sp³-hybridized carbons (Fsp3) is 0.429. The first-order valence-electron chi connectivity index (χ1n) is 5.40. The van der Waals surface area contributed by atoms with Gasteiger partial charge in [0.2, 0.25) is 0 Å². The van der Waals surface area contributed by atoms with Gasteiger partial charge in [-0.2, -0.15) is 0 Å². The minimum absolute atomic E-state index is 0.778. The highest BCUT2D eigenvalue weighted by atomic mass is 16.5. The van der Waals surface area contributed by atoms with Gasteiger partial charge in [-0.3, -0.25) is 0 Å². The zero-order valence-electron chi connectivity index (χ0n) is 10.7. The van der Waals surface area contributed by atoms with Gasteiger partial charge in [0.1, 0.15) is 5.75 Å². The van der Waals surface area contributed by atoms with Gasteiger partial charge in [-0.05, 0) is 56.5 Å². The zero-order valence-corrected chi connectivity index (χ0v) is 10.7. The summed E-state index contributed by atoms with van der Waals surface area (Å²) in [6.07, 6.45) is 3.74. The molecule has 0 radical (unpaired) electrons. The lowest BCUT2D eigenvalue weighted by atomic mass is 10.0. The van der Waals surface area contributed by atoms with Crippen LogP contribution in [0.25, 0.3) is 6.08 Å². The lowest BCUT2D eigenvalue weighted by Crippen LogP contribution is -2.13. The molecule has 88 valence electrons. The molecule has 2 heteroatoms. The molecule has 0 amide bonds. The smallest absolute Gasteiger partial charge is 0.122 e. The molecule has 0 saturated carbocycles. The van der Waals surface area contributed by atoms with E-state index < -0.39 is 5.60 Å². The highest BCUT2D eigenvalue weighted by Gasteiger charge is 2.07. The Hall–Kier alpha value is -1.28. The van der Waals surface area contributed by atoms with Gasteiger partial charge in [-0.15, -0.1) is 0 Å². The maximum absolute atomic E-state index is 9.63. The van der Waals surface area contributed by atoms with Gasteiger partial charge < -0.3 is 9.84 Å². The Morgan fingerprint density at radius 1 is 1.19 bits per heavy atom. The molecule has 1 aromatic rings. The average Bonchev–Trinajstić information content (AvgIpc) is 2.17. The van der Waals surface area contributed by atoms with E-state index in [0.29, 0.717) is 0 Å². The maximum Gasteiger partial charge on any atom is 0.122 e. The molecule has 0 aliphatic heterocycles. The van der Waals surface area contributed by atoms with Crippen LogP contribution in [-0.4, -0.2) is 17.8 Å². The van der Waals surface area contributed by atoms with Gasteiger partial charge in [0.25, 0.3) is 0 Å². The molecule has 0 unspecified atom stereocenters. The number of methoxy groups -OCH3 is 1. The largest absolute Gasteiger partial charge is 0.496 e. The van der Waals surface area contributed by atoms with Crippen molar-refractivity contribution in [1.82, 2.24) is 0 Å². The van der Waals surface area contributed by atoms with Crippen molar-refractivity contribution < 1.29 is 9.84 Å². The van der Waals surface area contributed by atoms with Gasteiger partial charge in [0, 0.05) is 0 Å². The van der Waals surface area contributed by atoms with Crippen molar-refractivity contribution in [3.63, 3.8) is 0 Å². The summed E-state index contributed by atoms with van der Waals surface area (Å²) < 4.78 is 5.25. The molecule has 0 bridgehead atoms. The molecule has 0 aliphatic carbocycles. The topological polar surface area (TPSA) is 29.5 Å². The van der Waals surface area contributed by atoms with E-state index in [1.54, 1.807) is 27.0 Å². The number of aryl methyl sites for hydroxylation is 2. The molecule has 16 heavy (non-hydrogen) atoms. The second kappa shape index (κ2) is 4.71. The monoisotopic (exact) mass is 220 g/mol. The van der Waals surface area contributed by atoms with E-state index in [0.717, 1.165) is 22.4 Å². The van der Waals surface area contributed by atoms with E-state index in [1.807, 2.05) is 26.0 Å². The lowest BCUT2D eigenvalue weighted by Gasteiger charge is -2.12. The number of rotatable bonds is 3. The number of hydrogen-bond donors (Lipinski definition) is 1. The number of aliphatic hydroxyl groups is 1. The van der Waals surface area contributed by atoms with Crippen molar-refractivity contribution in [1.29, 1.82) is 0 Å². The Bertz CT molecular complexity index is 398. The Balaban J connectivity index is 3.07. The highest BCUT2D eigenvalue weighted by molar-refractivity contribution is 5.58. The summed E-state index contributed by atoms with van der Waals surface area (Å²) >= 11 is 0. The van der Waals surface area contributed by atoms with Crippen molar-refractivity contribution in [2.75, 3.05) is 7.11 Å². The first-order chi connectivity index (χ1) is 7.33. The number of ether oxygens (including phenoxy) is 1. The van der Waals surface area contributed by atoms with Crippen molar-refractivity contribution in [3.8, 4) is 5.75 Å². The van der Waals surface area contributed by atoms with Crippen LogP contribution in [0, 0.1) is 13.8 Å². The molecule has 0 aromatic heterocycles. The van der Waals surface area contributed by atoms with Crippen LogP contribution in [0.5, 0.6) is 5.75 Å². The quantitative estimate of drug-likeness (QED) is 0.848. The third-order valence-electron chi connectivity index (χ3n) is 2.45. The first kappa shape index (κ1) is 12.8. The molecule has 0 saturated heterocycles. The summed E-state index contributed by atoms with van der Waals surface area (Å²) in [6.45, 7) is 7.57. The Morgan fingerprint density at radius 3 is 2.31 bits per heavy atom. The Morgan fingerprint density at radius 2 is 1.81 bits per heavy atom. The molecule has 0 aliphatic rings. The molecule has 1 aromatic carbocycles. The Kier molecular flexibility index (Phi) is 3.76. The molecular formula is C14H20O2. The summed E-state index contributed by atoms with van der Waals surface area (Å²) in [5.74, 6) is 0.901. The van der Waals surface area contributed by atoms with Gasteiger partial charge in [-0.1, -0.05) is 12.2 Å². The van der Waals surface area contributed by atoms with Gasteiger partial charge in [-0.25, -0.2) is 0 Å². The van der Waals surface area contributed by atoms with Crippen LogP contribution < -0.4 is 4.74 Å². The fourth-order valence-corrected chi connectivity index (χ4v) is 1.51. The van der Waals surface area contributed by atoms with Crippen LogP contribution >= 0.6 is 0 Å². The minimum Gasteiger partial charge on any atom is -0.496 e. The van der Waals surface area contributed by atoms with Gasteiger partial charge in [0.05, 0.1) is 12.7 Å². The Labute approximate surface area is 97.6 Å². The van der Waals surface area contributed by atoms with E-state index in [2.05, 4.69) is 6.07 Å². The van der Waals surface area contributed by atoms with Gasteiger partial charge in [0.15, 0.2) is 0 Å². The van der Waals surface area contributed by atoms with Crippen LogP contribution in [0.4, 0.5) is 0 Å². The standard InChI is InChI=1S/C14H20O2/c1-10-9-13(16-5)11(2)8-12(10)6-7-14(3,4)15/h6-9,15H,1-5H3/b7-6+. The first-order valence-corrected chi connectivity index (χ1v) is 5.40. The molecule has 2 nitrogen and oxygen atoms in total. The van der Waals surface area contributed by atoms with Crippen molar-refractivity contribution in [2.24, 2.45) is 0 Å². The normalized spacial score (nSPS) is 12.1. The average molecular weight is 220 g/mol. The van der Waals surface area contributed by atoms with E-state index >= 15 is 0 Å². The molecule has 0 spiro atoms. The number of benzene rings is 1. The summed E-state index contributed by atoms with van der Waals surface area (Å²) in [6, 6.07) is 4.08. The molecule has 1 rings (SSSR count). The second-order valence-electron chi connectivity index (χ2n) is 4.67. The van der Waals surface area contributed by atoms with E-state index in [9.17, 15) is 5.11 Å². The van der Waals surface area contributed by atoms with E-state index in [-0.39, 0.29) is 0 Å². The second-order valence-corrected chi connectivity index (χ2v) is 4.67. The summed E-state index contributed by atoms with van der Waals surface area (Å²) in [5.41, 5.74) is 2.58. The summed E-state index contributed by atoms with van der Waals surface area (Å²) in [5, 5.41) is 9.63. The van der Waals surface area contributed by atoms with Crippen LogP contribution in [0.2, 0.25) is 0 Å². The zero-order chi connectivity index (χ0) is 12.3. The molecule has 0 heterocycles. The van der Waals surface area contributed by atoms with Crippen LogP contribution in [-0.2, 0) is 0 Å². The number of hydrogen-bond acceptors (Lipinski definition) is 2. The predicted molar refractivity (Wildman–Crippen MR) is 67.8 cm³/mol. The molecule has 1 N–H and O–H groups in total. The SMILES string of the molecule is COc1cc(C)c(/C=C/C(C)(C)O)cc1C. The van der Waals surface area contributed by atoms with Crippen molar-refractivity contribution in [2.45, 2.75) is 33.3 Å². The van der Waals surface area contributed by atoms with Crippen molar-refractivity contribution >= 4 is 6.08 Å². The summed E-state index contributed by atoms with van der Waals surface area (Å²) in [4.78, 5) is 0. The molecule has 0 atom stereocenters. The third-order valence-corrected chi connectivity index (χ3v) is 2.45. The van der Waals surface area contributed by atoms with Crippen LogP contribution in [0.3, 0.4) is 0 Å². The minimum atomic E-state index is -0.778. The van der Waals surface area contributed by atoms with E-state index in [1.165, 1.54) is 0 Å². The van der Waals surface area contributed by atoms with Crippen molar-refractivity contribution in [3.05, 3.63) is 34.9 Å². The van der Waals surface area contributed by atoms with E-state index in [4.69, 9.17) is 4.74 Å². The lowest BCUT2D eigenvalue weighted by molar-refractivity contribution is 0.134. The third kappa shape index (κ3) is 3.38. The fourth-order valence-electron chi connectivity index (χ4n) is 1.51. The maximum atomic E-state index is 9.63. The van der Waals surface area contributed by atoms with Gasteiger partial charge >= 0.3 is 0 Å².